The molecule has 0 aliphatic carbocycles. The van der Waals surface area contributed by atoms with Gasteiger partial charge in [-0.15, -0.1) is 12.4 Å². The molecule has 4 rings (SSSR count). The average Bonchev–Trinajstić information content (AvgIpc) is 3.21. The Morgan fingerprint density at radius 3 is 2.44 bits per heavy atom. The van der Waals surface area contributed by atoms with E-state index in [0.29, 0.717) is 22.7 Å². The van der Waals surface area contributed by atoms with Gasteiger partial charge in [0.05, 0.1) is 12.4 Å². The molecule has 1 atom stereocenters. The van der Waals surface area contributed by atoms with E-state index in [4.69, 9.17) is 11.6 Å². The Labute approximate surface area is 196 Å². The summed E-state index contributed by atoms with van der Waals surface area (Å²) in [4.78, 5) is 29.0. The summed E-state index contributed by atoms with van der Waals surface area (Å²) in [6.07, 6.45) is 2.40. The third kappa shape index (κ3) is 4.65. The van der Waals surface area contributed by atoms with Gasteiger partial charge in [-0.2, -0.15) is 0 Å². The number of imidazole rings is 1. The van der Waals surface area contributed by atoms with Gasteiger partial charge in [0.15, 0.2) is 11.2 Å². The summed E-state index contributed by atoms with van der Waals surface area (Å²) in [6.45, 7) is 1.33. The van der Waals surface area contributed by atoms with Crippen molar-refractivity contribution in [3.63, 3.8) is 0 Å². The van der Waals surface area contributed by atoms with Gasteiger partial charge in [0, 0.05) is 25.7 Å². The van der Waals surface area contributed by atoms with Gasteiger partial charge >= 0.3 is 5.69 Å². The maximum atomic E-state index is 12.6. The fraction of sp³-hybridized carbons (Fsp3) is 0.261. The molecule has 7 nitrogen and oxygen atoms in total. The zero-order valence-electron chi connectivity index (χ0n) is 17.9. The van der Waals surface area contributed by atoms with Crippen LogP contribution in [0.2, 0.25) is 5.02 Å². The normalized spacial score (nSPS) is 12.0. The Balaban J connectivity index is 0.00000289. The minimum atomic E-state index is -0.378. The molecule has 2 aromatic carbocycles. The second kappa shape index (κ2) is 10.2. The van der Waals surface area contributed by atoms with Crippen LogP contribution in [-0.4, -0.2) is 25.2 Å². The molecule has 32 heavy (non-hydrogen) atoms. The van der Waals surface area contributed by atoms with E-state index >= 15 is 0 Å². The van der Waals surface area contributed by atoms with Crippen molar-refractivity contribution < 1.29 is 0 Å². The second-order valence-corrected chi connectivity index (χ2v) is 7.96. The zero-order chi connectivity index (χ0) is 22.0. The number of fused-ring (bicyclic) bond motifs is 1. The molecule has 0 radical (unpaired) electrons. The van der Waals surface area contributed by atoms with E-state index in [2.05, 4.69) is 28.5 Å². The highest BCUT2D eigenvalue weighted by molar-refractivity contribution is 6.30. The van der Waals surface area contributed by atoms with Crippen molar-refractivity contribution in [3.8, 4) is 0 Å². The van der Waals surface area contributed by atoms with Gasteiger partial charge in [-0.25, -0.2) is 9.78 Å². The van der Waals surface area contributed by atoms with Crippen LogP contribution < -0.4 is 16.6 Å². The van der Waals surface area contributed by atoms with E-state index < -0.39 is 0 Å². The van der Waals surface area contributed by atoms with E-state index in [1.165, 1.54) is 11.6 Å². The van der Waals surface area contributed by atoms with Crippen molar-refractivity contribution in [1.82, 2.24) is 24.0 Å². The summed E-state index contributed by atoms with van der Waals surface area (Å²) in [7, 11) is 3.11. The van der Waals surface area contributed by atoms with E-state index in [9.17, 15) is 9.59 Å². The highest BCUT2D eigenvalue weighted by atomic mass is 35.5. The van der Waals surface area contributed by atoms with Crippen molar-refractivity contribution in [2.45, 2.75) is 19.0 Å². The third-order valence-electron chi connectivity index (χ3n) is 5.46. The van der Waals surface area contributed by atoms with Gasteiger partial charge in [0.1, 0.15) is 0 Å². The Kier molecular flexibility index (Phi) is 7.56. The molecule has 4 aromatic rings. The van der Waals surface area contributed by atoms with Crippen molar-refractivity contribution >= 4 is 35.2 Å². The summed E-state index contributed by atoms with van der Waals surface area (Å²) in [5.41, 5.74) is 2.39. The molecular formula is C23H25Cl2N5O2. The van der Waals surface area contributed by atoms with Gasteiger partial charge in [0.2, 0.25) is 0 Å². The van der Waals surface area contributed by atoms with Crippen molar-refractivity contribution in [3.05, 3.63) is 97.9 Å². The number of aryl methyl sites for hydroxylation is 2. The summed E-state index contributed by atoms with van der Waals surface area (Å²) in [5.74, 6) is 0. The minimum absolute atomic E-state index is 0. The lowest BCUT2D eigenvalue weighted by atomic mass is 9.98. The largest absolute Gasteiger partial charge is 0.332 e. The smallest absolute Gasteiger partial charge is 0.325 e. The molecule has 1 unspecified atom stereocenters. The quantitative estimate of drug-likeness (QED) is 0.418. The maximum absolute atomic E-state index is 12.6. The monoisotopic (exact) mass is 473 g/mol. The van der Waals surface area contributed by atoms with E-state index in [1.807, 2.05) is 41.0 Å². The number of aromatic nitrogens is 4. The predicted octanol–water partition coefficient (Wildman–Crippen LogP) is 3.28. The molecular weight excluding hydrogens is 449 g/mol. The van der Waals surface area contributed by atoms with Crippen LogP contribution in [0.15, 0.2) is 70.5 Å². The van der Waals surface area contributed by atoms with Crippen LogP contribution in [0.4, 0.5) is 0 Å². The molecule has 168 valence electrons. The standard InChI is InChI=1S/C23H24ClN5O2.ClH/c1-27-21-20(22(30)28(2)23(27)31)29(15-26-21)13-7-12-25-19(16-8-4-3-5-9-16)17-10-6-11-18(24)14-17;/h3-6,8-11,14-15,19,25H,7,12-13H2,1-2H3;1H. The number of nitrogens with zero attached hydrogens (tertiary/aromatic N) is 4. The van der Waals surface area contributed by atoms with Gasteiger partial charge in [-0.3, -0.25) is 13.9 Å². The third-order valence-corrected chi connectivity index (χ3v) is 5.69. The van der Waals surface area contributed by atoms with Gasteiger partial charge < -0.3 is 9.88 Å². The summed E-state index contributed by atoms with van der Waals surface area (Å²) in [6, 6.07) is 18.1. The molecule has 0 bridgehead atoms. The second-order valence-electron chi connectivity index (χ2n) is 7.52. The van der Waals surface area contributed by atoms with Crippen LogP contribution in [0.1, 0.15) is 23.6 Å². The Hall–Kier alpha value is -2.87. The van der Waals surface area contributed by atoms with Gasteiger partial charge in [0.25, 0.3) is 5.56 Å². The average molecular weight is 474 g/mol. The molecule has 0 spiro atoms. The Morgan fingerprint density at radius 2 is 1.72 bits per heavy atom. The number of hydrogen-bond donors (Lipinski definition) is 1. The molecule has 0 aliphatic heterocycles. The first-order chi connectivity index (χ1) is 15.0. The van der Waals surface area contributed by atoms with Crippen molar-refractivity contribution in [2.24, 2.45) is 14.1 Å². The molecule has 2 heterocycles. The van der Waals surface area contributed by atoms with E-state index in [1.54, 1.807) is 13.4 Å². The molecule has 0 saturated carbocycles. The number of benzene rings is 2. The Bertz CT molecular complexity index is 1330. The number of halogens is 2. The maximum Gasteiger partial charge on any atom is 0.332 e. The van der Waals surface area contributed by atoms with Crippen LogP contribution in [-0.2, 0) is 20.6 Å². The molecule has 0 amide bonds. The first-order valence-electron chi connectivity index (χ1n) is 10.1. The fourth-order valence-corrected chi connectivity index (χ4v) is 4.02. The van der Waals surface area contributed by atoms with Crippen LogP contribution in [0.25, 0.3) is 11.2 Å². The van der Waals surface area contributed by atoms with Gasteiger partial charge in [-0.05, 0) is 36.2 Å². The Morgan fingerprint density at radius 1 is 1.00 bits per heavy atom. The lowest BCUT2D eigenvalue weighted by Gasteiger charge is -2.20. The molecule has 0 fully saturated rings. The lowest BCUT2D eigenvalue weighted by Crippen LogP contribution is -2.37. The summed E-state index contributed by atoms with van der Waals surface area (Å²) < 4.78 is 4.33. The van der Waals surface area contributed by atoms with Crippen molar-refractivity contribution in [2.75, 3.05) is 6.54 Å². The lowest BCUT2D eigenvalue weighted by molar-refractivity contribution is 0.547. The van der Waals surface area contributed by atoms with Crippen LogP contribution >= 0.6 is 24.0 Å². The highest BCUT2D eigenvalue weighted by Crippen LogP contribution is 2.24. The first-order valence-corrected chi connectivity index (χ1v) is 10.5. The van der Waals surface area contributed by atoms with E-state index in [0.717, 1.165) is 28.7 Å². The minimum Gasteiger partial charge on any atom is -0.325 e. The highest BCUT2D eigenvalue weighted by Gasteiger charge is 2.15. The summed E-state index contributed by atoms with van der Waals surface area (Å²) in [5, 5.41) is 4.31. The van der Waals surface area contributed by atoms with E-state index in [-0.39, 0.29) is 29.7 Å². The first kappa shape index (κ1) is 23.8. The number of nitrogens with one attached hydrogen (secondary N) is 1. The number of rotatable bonds is 7. The van der Waals surface area contributed by atoms with Crippen LogP contribution in [0.5, 0.6) is 0 Å². The SMILES string of the molecule is Cl.Cn1c(=O)c2c(ncn2CCCNC(c2ccccc2)c2cccc(Cl)c2)n(C)c1=O. The topological polar surface area (TPSA) is 73.8 Å². The molecule has 0 saturated heterocycles. The summed E-state index contributed by atoms with van der Waals surface area (Å²) >= 11 is 6.22. The molecule has 9 heteroatoms. The van der Waals surface area contributed by atoms with Crippen LogP contribution in [0.3, 0.4) is 0 Å². The fourth-order valence-electron chi connectivity index (χ4n) is 3.82. The van der Waals surface area contributed by atoms with Gasteiger partial charge in [-0.1, -0.05) is 54.1 Å². The number of hydrogen-bond acceptors (Lipinski definition) is 4. The molecule has 2 aromatic heterocycles. The zero-order valence-corrected chi connectivity index (χ0v) is 19.4. The molecule has 1 N–H and O–H groups in total. The van der Waals surface area contributed by atoms with Crippen molar-refractivity contribution in [1.29, 1.82) is 0 Å². The van der Waals surface area contributed by atoms with Crippen LogP contribution in [0, 0.1) is 0 Å². The predicted molar refractivity (Wildman–Crippen MR) is 130 cm³/mol. The molecule has 0 aliphatic rings.